The molecule has 230 valence electrons. The number of aliphatic hydroxyl groups is 1. The first-order valence-electron chi connectivity index (χ1n) is 13.6. The molecule has 0 bridgehead atoms. The van der Waals surface area contributed by atoms with Crippen molar-refractivity contribution >= 4 is 34.8 Å². The predicted octanol–water partition coefficient (Wildman–Crippen LogP) is 4.02. The summed E-state index contributed by atoms with van der Waals surface area (Å²) >= 11 is 6.20. The highest BCUT2D eigenvalue weighted by molar-refractivity contribution is 6.31. The first kappa shape index (κ1) is 31.9. The van der Waals surface area contributed by atoms with E-state index >= 15 is 0 Å². The number of benzene rings is 2. The molecule has 8 nitrogen and oxygen atoms in total. The Balaban J connectivity index is 1.40. The highest BCUT2D eigenvalue weighted by Gasteiger charge is 2.32. The Bertz CT molecular complexity index is 1300. The summed E-state index contributed by atoms with van der Waals surface area (Å²) in [6.45, 7) is 3.45. The van der Waals surface area contributed by atoms with Crippen molar-refractivity contribution in [2.75, 3.05) is 56.0 Å². The van der Waals surface area contributed by atoms with E-state index in [2.05, 4.69) is 10.6 Å². The summed E-state index contributed by atoms with van der Waals surface area (Å²) in [5.74, 6) is -3.95. The Hall–Kier alpha value is -3.00. The number of amides is 2. The van der Waals surface area contributed by atoms with E-state index in [9.17, 15) is 36.6 Å². The number of halogens is 6. The Morgan fingerprint density at radius 2 is 1.83 bits per heavy atom. The molecule has 4 rings (SSSR count). The number of carbonyl (C=O) groups excluding carboxylic acids is 2. The Kier molecular flexibility index (Phi) is 10.3. The quantitative estimate of drug-likeness (QED) is 0.369. The zero-order valence-electron chi connectivity index (χ0n) is 23.0. The molecular formula is C28H33ClF5N5O3. The van der Waals surface area contributed by atoms with Crippen LogP contribution < -0.4 is 15.5 Å². The van der Waals surface area contributed by atoms with Crippen molar-refractivity contribution in [3.63, 3.8) is 0 Å². The lowest BCUT2D eigenvalue weighted by atomic mass is 10.1. The van der Waals surface area contributed by atoms with Crippen LogP contribution in [0.1, 0.15) is 35.7 Å². The van der Waals surface area contributed by atoms with Gasteiger partial charge in [0.05, 0.1) is 36.0 Å². The number of anilines is 2. The van der Waals surface area contributed by atoms with Gasteiger partial charge >= 0.3 is 6.18 Å². The molecule has 2 fully saturated rings. The minimum Gasteiger partial charge on any atom is -0.392 e. The average molecular weight is 618 g/mol. The number of alkyl halides is 3. The molecule has 0 spiro atoms. The second kappa shape index (κ2) is 13.5. The molecule has 0 saturated carbocycles. The summed E-state index contributed by atoms with van der Waals surface area (Å²) in [6.07, 6.45) is -5.08. The second-order valence-corrected chi connectivity index (χ2v) is 11.1. The lowest BCUT2D eigenvalue weighted by Gasteiger charge is -2.41. The third-order valence-corrected chi connectivity index (χ3v) is 7.73. The number of hydrogen-bond donors (Lipinski definition) is 3. The maximum absolute atomic E-state index is 15.0. The van der Waals surface area contributed by atoms with Gasteiger partial charge in [0.1, 0.15) is 0 Å². The third kappa shape index (κ3) is 8.30. The molecule has 2 saturated heterocycles. The number of likely N-dealkylation sites (tertiary alicyclic amines) is 1. The number of β-amino-alcohol motifs (C(OH)–C–C–N with tert-alkyl or cyclic N) is 1. The summed E-state index contributed by atoms with van der Waals surface area (Å²) in [5.41, 5.74) is 0.107. The first-order chi connectivity index (χ1) is 19.8. The van der Waals surface area contributed by atoms with Crippen molar-refractivity contribution in [3.8, 4) is 0 Å². The van der Waals surface area contributed by atoms with Gasteiger partial charge in [0, 0.05) is 62.4 Å². The van der Waals surface area contributed by atoms with E-state index < -0.39 is 47.7 Å². The van der Waals surface area contributed by atoms with Crippen LogP contribution in [0.25, 0.3) is 0 Å². The Labute approximate surface area is 245 Å². The maximum atomic E-state index is 15.0. The Morgan fingerprint density at radius 1 is 1.07 bits per heavy atom. The van der Waals surface area contributed by atoms with Crippen molar-refractivity contribution in [1.29, 1.82) is 0 Å². The molecule has 0 aromatic heterocycles. The van der Waals surface area contributed by atoms with Crippen LogP contribution in [-0.2, 0) is 11.3 Å². The van der Waals surface area contributed by atoms with E-state index in [0.717, 1.165) is 6.07 Å². The van der Waals surface area contributed by atoms with Crippen molar-refractivity contribution in [2.24, 2.45) is 0 Å². The van der Waals surface area contributed by atoms with Gasteiger partial charge in [0.25, 0.3) is 5.91 Å². The van der Waals surface area contributed by atoms with Crippen LogP contribution in [0.4, 0.5) is 33.3 Å². The summed E-state index contributed by atoms with van der Waals surface area (Å²) in [7, 11) is 0. The van der Waals surface area contributed by atoms with Crippen molar-refractivity contribution < 1.29 is 36.6 Å². The first-order valence-corrected chi connectivity index (χ1v) is 14.0. The van der Waals surface area contributed by atoms with E-state index in [4.69, 9.17) is 11.6 Å². The number of nitrogens with one attached hydrogen (secondary N) is 2. The van der Waals surface area contributed by atoms with Crippen molar-refractivity contribution in [1.82, 2.24) is 15.1 Å². The smallest absolute Gasteiger partial charge is 0.390 e. The van der Waals surface area contributed by atoms with E-state index in [1.54, 1.807) is 15.9 Å². The summed E-state index contributed by atoms with van der Waals surface area (Å²) in [4.78, 5) is 30.6. The largest absolute Gasteiger partial charge is 0.392 e. The molecule has 2 aromatic rings. The van der Waals surface area contributed by atoms with Gasteiger partial charge in [-0.2, -0.15) is 13.2 Å². The van der Waals surface area contributed by atoms with Gasteiger partial charge in [-0.3, -0.25) is 19.4 Å². The van der Waals surface area contributed by atoms with E-state index in [1.807, 2.05) is 11.8 Å². The SMILES string of the molecule is C[C@@H]1CN(c2cc(Cl)ccc2NC(=O)c2ccc(CNC(=O)CN3CC[C@@H](O)C3)c(F)c2F)CCN1CCC(F)(F)F. The second-order valence-electron chi connectivity index (χ2n) is 10.7. The molecule has 0 radical (unpaired) electrons. The van der Waals surface area contributed by atoms with Crippen LogP contribution in [-0.4, -0.2) is 90.9 Å². The fraction of sp³-hybridized carbons (Fsp3) is 0.500. The van der Waals surface area contributed by atoms with Gasteiger partial charge in [-0.25, -0.2) is 8.78 Å². The minimum atomic E-state index is -4.25. The molecule has 42 heavy (non-hydrogen) atoms. The van der Waals surface area contributed by atoms with Crippen molar-refractivity contribution in [3.05, 3.63) is 58.1 Å². The third-order valence-electron chi connectivity index (χ3n) is 7.49. The number of aliphatic hydroxyl groups excluding tert-OH is 1. The van der Waals surface area contributed by atoms with Crippen LogP contribution in [0.15, 0.2) is 30.3 Å². The normalized spacial score (nSPS) is 20.1. The van der Waals surface area contributed by atoms with E-state index in [-0.39, 0.29) is 36.9 Å². The molecule has 2 aliphatic rings. The molecule has 0 unspecified atom stereocenters. The van der Waals surface area contributed by atoms with Crippen LogP contribution >= 0.6 is 11.6 Å². The highest BCUT2D eigenvalue weighted by atomic mass is 35.5. The lowest BCUT2D eigenvalue weighted by molar-refractivity contribution is -0.139. The lowest BCUT2D eigenvalue weighted by Crippen LogP contribution is -2.52. The number of rotatable bonds is 9. The molecule has 3 N–H and O–H groups in total. The summed E-state index contributed by atoms with van der Waals surface area (Å²) in [6, 6.07) is 6.77. The molecule has 2 aliphatic heterocycles. The van der Waals surface area contributed by atoms with Gasteiger partial charge in [-0.1, -0.05) is 17.7 Å². The van der Waals surface area contributed by atoms with Crippen LogP contribution in [0, 0.1) is 11.6 Å². The summed E-state index contributed by atoms with van der Waals surface area (Å²) < 4.78 is 67.9. The average Bonchev–Trinajstić information content (AvgIpc) is 3.33. The van der Waals surface area contributed by atoms with Crippen LogP contribution in [0.5, 0.6) is 0 Å². The molecule has 2 heterocycles. The maximum Gasteiger partial charge on any atom is 0.390 e. The molecular weight excluding hydrogens is 585 g/mol. The van der Waals surface area contributed by atoms with E-state index in [0.29, 0.717) is 49.9 Å². The standard InChI is InChI=1S/C28H33ClF5N5O3/c1-17-14-39(11-10-38(17)9-7-28(32,33)34)23-12-19(29)3-5-22(23)36-27(42)21-4-2-18(25(30)26(21)31)13-35-24(41)16-37-8-6-20(40)15-37/h2-5,12,17,20,40H,6-11,13-16H2,1H3,(H,35,41)(H,36,42)/t17-,20-/m1/s1. The molecule has 14 heteroatoms. The molecule has 2 atom stereocenters. The van der Waals surface area contributed by atoms with Gasteiger partial charge < -0.3 is 20.6 Å². The fourth-order valence-corrected chi connectivity index (χ4v) is 5.35. The van der Waals surface area contributed by atoms with Gasteiger partial charge in [0.2, 0.25) is 5.91 Å². The van der Waals surface area contributed by atoms with E-state index in [1.165, 1.54) is 18.2 Å². The number of hydrogen-bond acceptors (Lipinski definition) is 6. The number of carbonyl (C=O) groups is 2. The predicted molar refractivity (Wildman–Crippen MR) is 149 cm³/mol. The van der Waals surface area contributed by atoms with Gasteiger partial charge in [-0.05, 0) is 37.6 Å². The monoisotopic (exact) mass is 617 g/mol. The van der Waals surface area contributed by atoms with Gasteiger partial charge in [-0.15, -0.1) is 0 Å². The fourth-order valence-electron chi connectivity index (χ4n) is 5.19. The molecule has 2 aromatic carbocycles. The zero-order chi connectivity index (χ0) is 30.6. The minimum absolute atomic E-state index is 0.0203. The van der Waals surface area contributed by atoms with Crippen molar-refractivity contribution in [2.45, 2.75) is 44.6 Å². The molecule has 2 amide bonds. The number of piperazine rings is 1. The Morgan fingerprint density at radius 3 is 2.50 bits per heavy atom. The molecule has 0 aliphatic carbocycles. The topological polar surface area (TPSA) is 88.2 Å². The van der Waals surface area contributed by atoms with Gasteiger partial charge in [0.15, 0.2) is 11.6 Å². The van der Waals surface area contributed by atoms with Crippen LogP contribution in [0.2, 0.25) is 5.02 Å². The zero-order valence-corrected chi connectivity index (χ0v) is 23.7. The van der Waals surface area contributed by atoms with Crippen LogP contribution in [0.3, 0.4) is 0 Å². The summed E-state index contributed by atoms with van der Waals surface area (Å²) in [5, 5.41) is 15.0. The highest BCUT2D eigenvalue weighted by Crippen LogP contribution is 2.32. The number of nitrogens with zero attached hydrogens (tertiary/aromatic N) is 3.